The third kappa shape index (κ3) is 2.66. The highest BCUT2D eigenvalue weighted by molar-refractivity contribution is 5.96. The number of halogens is 1. The largest absolute Gasteiger partial charge is 0.357 e. The number of aromatic amines is 1. The Morgan fingerprint density at radius 3 is 2.71 bits per heavy atom. The summed E-state index contributed by atoms with van der Waals surface area (Å²) in [6, 6.07) is 17.4. The number of para-hydroxylation sites is 1. The van der Waals surface area contributed by atoms with Crippen LogP contribution in [-0.2, 0) is 6.54 Å². The molecular weight excluding hydrogens is 322 g/mol. The fraction of sp³-hybridized carbons (Fsp3) is 0.0526. The number of fused-ring (bicyclic) bond motifs is 2. The van der Waals surface area contributed by atoms with E-state index < -0.39 is 0 Å². The summed E-state index contributed by atoms with van der Waals surface area (Å²) < 4.78 is 0. The van der Waals surface area contributed by atoms with Crippen LogP contribution < -0.4 is 11.2 Å². The van der Waals surface area contributed by atoms with Gasteiger partial charge in [-0.3, -0.25) is 9.78 Å². The predicted octanol–water partition coefficient (Wildman–Crippen LogP) is 3.62. The van der Waals surface area contributed by atoms with Crippen LogP contribution in [0, 0.1) is 0 Å². The predicted molar refractivity (Wildman–Crippen MR) is 100 cm³/mol. The van der Waals surface area contributed by atoms with Crippen LogP contribution in [0.4, 0.5) is 0 Å². The van der Waals surface area contributed by atoms with Crippen LogP contribution in [-0.4, -0.2) is 9.97 Å². The van der Waals surface area contributed by atoms with E-state index in [1.165, 1.54) is 0 Å². The molecule has 0 saturated heterocycles. The third-order valence-corrected chi connectivity index (χ3v) is 4.05. The van der Waals surface area contributed by atoms with E-state index in [1.54, 1.807) is 12.3 Å². The second-order valence-corrected chi connectivity index (χ2v) is 5.50. The van der Waals surface area contributed by atoms with E-state index in [-0.39, 0.29) is 17.8 Å². The number of benzene rings is 2. The van der Waals surface area contributed by atoms with Crippen molar-refractivity contribution >= 4 is 34.2 Å². The number of nitrogens with one attached hydrogen (secondary N) is 1. The number of hydrogen-bond donors (Lipinski definition) is 2. The van der Waals surface area contributed by atoms with Gasteiger partial charge in [0.2, 0.25) is 0 Å². The van der Waals surface area contributed by atoms with Gasteiger partial charge in [-0.25, -0.2) is 0 Å². The van der Waals surface area contributed by atoms with Gasteiger partial charge in [-0.1, -0.05) is 30.3 Å². The molecule has 24 heavy (non-hydrogen) atoms. The molecule has 4 rings (SSSR count). The van der Waals surface area contributed by atoms with Gasteiger partial charge in [-0.2, -0.15) is 0 Å². The topological polar surface area (TPSA) is 71.8 Å². The van der Waals surface area contributed by atoms with Gasteiger partial charge in [0.15, 0.2) is 5.43 Å². The first-order valence-corrected chi connectivity index (χ1v) is 7.46. The van der Waals surface area contributed by atoms with Gasteiger partial charge < -0.3 is 10.7 Å². The first kappa shape index (κ1) is 16.2. The SMILES string of the molecule is Cl.NCc1cc(=O)c2cc(-c3cccc4cccnc34)ccc2[nH]1. The molecule has 0 radical (unpaired) electrons. The molecule has 0 saturated carbocycles. The van der Waals surface area contributed by atoms with Gasteiger partial charge in [-0.15, -0.1) is 12.4 Å². The van der Waals surface area contributed by atoms with Crippen molar-refractivity contribution in [2.24, 2.45) is 5.73 Å². The molecule has 0 atom stereocenters. The van der Waals surface area contributed by atoms with Crippen molar-refractivity contribution in [3.05, 3.63) is 76.7 Å². The fourth-order valence-corrected chi connectivity index (χ4v) is 2.92. The van der Waals surface area contributed by atoms with Crippen LogP contribution in [0.3, 0.4) is 0 Å². The Bertz CT molecular complexity index is 1080. The van der Waals surface area contributed by atoms with E-state index in [2.05, 4.69) is 9.97 Å². The molecule has 2 aromatic heterocycles. The van der Waals surface area contributed by atoms with Gasteiger partial charge in [0.25, 0.3) is 0 Å². The lowest BCUT2D eigenvalue weighted by molar-refractivity contribution is 1.00. The molecule has 0 fully saturated rings. The highest BCUT2D eigenvalue weighted by Gasteiger charge is 2.08. The van der Waals surface area contributed by atoms with E-state index >= 15 is 0 Å². The fourth-order valence-electron chi connectivity index (χ4n) is 2.92. The maximum atomic E-state index is 12.3. The first-order valence-electron chi connectivity index (χ1n) is 7.46. The molecule has 4 nitrogen and oxygen atoms in total. The summed E-state index contributed by atoms with van der Waals surface area (Å²) in [7, 11) is 0. The number of hydrogen-bond acceptors (Lipinski definition) is 3. The highest BCUT2D eigenvalue weighted by atomic mass is 35.5. The Balaban J connectivity index is 0.00000169. The minimum absolute atomic E-state index is 0. The summed E-state index contributed by atoms with van der Waals surface area (Å²) >= 11 is 0. The molecule has 120 valence electrons. The van der Waals surface area contributed by atoms with Gasteiger partial charge in [-0.05, 0) is 23.8 Å². The van der Waals surface area contributed by atoms with Crippen LogP contribution in [0.1, 0.15) is 5.69 Å². The summed E-state index contributed by atoms with van der Waals surface area (Å²) in [4.78, 5) is 20.0. The zero-order valence-electron chi connectivity index (χ0n) is 12.8. The van der Waals surface area contributed by atoms with E-state index in [0.29, 0.717) is 11.9 Å². The van der Waals surface area contributed by atoms with Crippen LogP contribution in [0.25, 0.3) is 32.9 Å². The van der Waals surface area contributed by atoms with Gasteiger partial charge in [0, 0.05) is 46.4 Å². The van der Waals surface area contributed by atoms with E-state index in [9.17, 15) is 4.79 Å². The highest BCUT2D eigenvalue weighted by Crippen LogP contribution is 2.28. The summed E-state index contributed by atoms with van der Waals surface area (Å²) in [5.74, 6) is 0. The Kier molecular flexibility index (Phi) is 4.34. The molecular formula is C19H16ClN3O. The minimum atomic E-state index is -0.0192. The number of nitrogens with zero attached hydrogens (tertiary/aromatic N) is 1. The molecule has 3 N–H and O–H groups in total. The van der Waals surface area contributed by atoms with E-state index in [1.807, 2.05) is 48.5 Å². The molecule has 0 aliphatic heterocycles. The van der Waals surface area contributed by atoms with Crippen molar-refractivity contribution in [1.29, 1.82) is 0 Å². The summed E-state index contributed by atoms with van der Waals surface area (Å²) in [5, 5.41) is 1.74. The van der Waals surface area contributed by atoms with E-state index in [0.717, 1.165) is 33.2 Å². The lowest BCUT2D eigenvalue weighted by atomic mass is 10.00. The van der Waals surface area contributed by atoms with Crippen molar-refractivity contribution in [2.45, 2.75) is 6.54 Å². The van der Waals surface area contributed by atoms with Crippen molar-refractivity contribution < 1.29 is 0 Å². The number of rotatable bonds is 2. The monoisotopic (exact) mass is 337 g/mol. The van der Waals surface area contributed by atoms with Gasteiger partial charge in [0.1, 0.15) is 0 Å². The Morgan fingerprint density at radius 2 is 1.88 bits per heavy atom. The van der Waals surface area contributed by atoms with Gasteiger partial charge >= 0.3 is 0 Å². The lowest BCUT2D eigenvalue weighted by Gasteiger charge is -2.08. The molecule has 2 aromatic carbocycles. The number of H-pyrrole nitrogens is 1. The normalized spacial score (nSPS) is 10.7. The molecule has 0 unspecified atom stereocenters. The smallest absolute Gasteiger partial charge is 0.189 e. The van der Waals surface area contributed by atoms with Gasteiger partial charge in [0.05, 0.1) is 5.52 Å². The zero-order chi connectivity index (χ0) is 15.8. The second-order valence-electron chi connectivity index (χ2n) is 5.50. The third-order valence-electron chi connectivity index (χ3n) is 4.05. The maximum absolute atomic E-state index is 12.3. The maximum Gasteiger partial charge on any atom is 0.189 e. The summed E-state index contributed by atoms with van der Waals surface area (Å²) in [6.45, 7) is 0.320. The number of aromatic nitrogens is 2. The first-order chi connectivity index (χ1) is 11.3. The molecule has 0 aliphatic carbocycles. The molecule has 2 heterocycles. The lowest BCUT2D eigenvalue weighted by Crippen LogP contribution is -2.08. The average Bonchev–Trinajstić information content (AvgIpc) is 2.61. The Labute approximate surface area is 144 Å². The van der Waals surface area contributed by atoms with Crippen LogP contribution in [0.5, 0.6) is 0 Å². The Morgan fingerprint density at radius 1 is 1.04 bits per heavy atom. The number of pyridine rings is 2. The van der Waals surface area contributed by atoms with Crippen LogP contribution >= 0.6 is 12.4 Å². The molecule has 5 heteroatoms. The van der Waals surface area contributed by atoms with Crippen LogP contribution in [0.2, 0.25) is 0 Å². The van der Waals surface area contributed by atoms with Crippen molar-refractivity contribution in [1.82, 2.24) is 9.97 Å². The second kappa shape index (κ2) is 6.43. The minimum Gasteiger partial charge on any atom is -0.357 e. The quantitative estimate of drug-likeness (QED) is 0.586. The van der Waals surface area contributed by atoms with Crippen molar-refractivity contribution in [2.75, 3.05) is 0 Å². The zero-order valence-corrected chi connectivity index (χ0v) is 13.6. The van der Waals surface area contributed by atoms with Crippen LogP contribution in [0.15, 0.2) is 65.6 Å². The van der Waals surface area contributed by atoms with Crippen molar-refractivity contribution in [3.8, 4) is 11.1 Å². The number of nitrogens with two attached hydrogens (primary N) is 1. The summed E-state index contributed by atoms with van der Waals surface area (Å²) in [5.41, 5.74) is 10.1. The molecule has 0 spiro atoms. The van der Waals surface area contributed by atoms with E-state index in [4.69, 9.17) is 5.73 Å². The molecule has 0 aliphatic rings. The average molecular weight is 338 g/mol. The molecule has 0 amide bonds. The molecule has 4 aromatic rings. The summed E-state index contributed by atoms with van der Waals surface area (Å²) in [6.07, 6.45) is 1.78. The molecule has 0 bridgehead atoms. The van der Waals surface area contributed by atoms with Crippen molar-refractivity contribution in [3.63, 3.8) is 0 Å². The standard InChI is InChI=1S/C19H15N3O.ClH/c20-11-14-10-18(23)16-9-13(6-7-17(16)22-14)15-5-1-3-12-4-2-8-21-19(12)15;/h1-10H,11,20H2,(H,22,23);1H. The Hall–Kier alpha value is -2.69.